The van der Waals surface area contributed by atoms with Crippen LogP contribution in [0.1, 0.15) is 5.56 Å². The van der Waals surface area contributed by atoms with Crippen molar-refractivity contribution in [2.45, 2.75) is 0 Å². The van der Waals surface area contributed by atoms with E-state index in [1.807, 2.05) is 12.1 Å². The molecular weight excluding hydrogens is 318 g/mol. The summed E-state index contributed by atoms with van der Waals surface area (Å²) in [5, 5.41) is 14.8. The number of nitrogens with zero attached hydrogens (tertiary/aromatic N) is 4. The minimum absolute atomic E-state index is 0.000498. The Kier molecular flexibility index (Phi) is 4.20. The first-order valence-corrected chi connectivity index (χ1v) is 7.07. The van der Waals surface area contributed by atoms with Gasteiger partial charge in [-0.1, -0.05) is 34.9 Å². The first-order valence-electron chi connectivity index (χ1n) is 6.69. The van der Waals surface area contributed by atoms with Crippen molar-refractivity contribution in [2.24, 2.45) is 7.05 Å². The van der Waals surface area contributed by atoms with Gasteiger partial charge in [0.15, 0.2) is 0 Å². The zero-order valence-corrected chi connectivity index (χ0v) is 12.9. The molecule has 3 rings (SSSR count). The first kappa shape index (κ1) is 15.0. The zero-order valence-electron chi connectivity index (χ0n) is 12.1. The number of aryl methyl sites for hydroxylation is 1. The average Bonchev–Trinajstić information content (AvgIpc) is 3.15. The topological polar surface area (TPSA) is 85.8 Å². The summed E-state index contributed by atoms with van der Waals surface area (Å²) < 4.78 is 6.95. The molecule has 1 N–H and O–H groups in total. The zero-order chi connectivity index (χ0) is 16.2. The van der Waals surface area contributed by atoms with Crippen molar-refractivity contribution in [3.8, 4) is 11.6 Å². The number of hydrogen-bond acceptors (Lipinski definition) is 5. The van der Waals surface area contributed by atoms with E-state index in [1.165, 1.54) is 6.08 Å². The number of carbonyl (C=O) groups excluding carboxylic acids is 1. The second-order valence-electron chi connectivity index (χ2n) is 4.63. The van der Waals surface area contributed by atoms with E-state index in [0.29, 0.717) is 10.7 Å². The highest BCUT2D eigenvalue weighted by Crippen LogP contribution is 2.18. The quantitative estimate of drug-likeness (QED) is 0.744. The van der Waals surface area contributed by atoms with Gasteiger partial charge in [0, 0.05) is 24.3 Å². The second kappa shape index (κ2) is 6.45. The van der Waals surface area contributed by atoms with Crippen molar-refractivity contribution >= 4 is 29.6 Å². The smallest absolute Gasteiger partial charge is 0.322 e. The highest BCUT2D eigenvalue weighted by Gasteiger charge is 2.12. The van der Waals surface area contributed by atoms with Crippen LogP contribution in [-0.4, -0.2) is 25.9 Å². The van der Waals surface area contributed by atoms with E-state index in [2.05, 4.69) is 20.6 Å². The van der Waals surface area contributed by atoms with E-state index < -0.39 is 5.91 Å². The van der Waals surface area contributed by atoms with E-state index in [1.54, 1.807) is 42.2 Å². The third kappa shape index (κ3) is 3.64. The minimum Gasteiger partial charge on any atom is -0.401 e. The van der Waals surface area contributed by atoms with Gasteiger partial charge in [-0.25, -0.2) is 0 Å². The number of halogens is 1. The van der Waals surface area contributed by atoms with Gasteiger partial charge in [-0.05, 0) is 23.8 Å². The van der Waals surface area contributed by atoms with Crippen LogP contribution in [0, 0.1) is 0 Å². The number of nitrogens with one attached hydrogen (secondary N) is 1. The Bertz CT molecular complexity index is 868. The summed E-state index contributed by atoms with van der Waals surface area (Å²) in [4.78, 5) is 11.9. The van der Waals surface area contributed by atoms with Crippen LogP contribution in [0.25, 0.3) is 17.7 Å². The van der Waals surface area contributed by atoms with Gasteiger partial charge in [0.05, 0.1) is 0 Å². The van der Waals surface area contributed by atoms with Crippen molar-refractivity contribution in [1.29, 1.82) is 0 Å². The van der Waals surface area contributed by atoms with Gasteiger partial charge in [-0.3, -0.25) is 14.8 Å². The summed E-state index contributed by atoms with van der Waals surface area (Å²) in [6.07, 6.45) is 4.70. The molecule has 0 fully saturated rings. The Morgan fingerprint density at radius 2 is 2.13 bits per heavy atom. The molecule has 2 heterocycles. The van der Waals surface area contributed by atoms with Gasteiger partial charge >= 0.3 is 6.01 Å². The average molecular weight is 330 g/mol. The lowest BCUT2D eigenvalue weighted by Gasteiger charge is -1.97. The number of anilines is 1. The molecule has 1 amide bonds. The molecule has 0 aliphatic rings. The van der Waals surface area contributed by atoms with Gasteiger partial charge in [0.25, 0.3) is 11.8 Å². The maximum atomic E-state index is 11.9. The van der Waals surface area contributed by atoms with E-state index >= 15 is 0 Å². The largest absolute Gasteiger partial charge is 0.401 e. The summed E-state index contributed by atoms with van der Waals surface area (Å²) >= 11 is 6.01. The van der Waals surface area contributed by atoms with Crippen molar-refractivity contribution in [1.82, 2.24) is 20.0 Å². The highest BCUT2D eigenvalue weighted by atomic mass is 35.5. The lowest BCUT2D eigenvalue weighted by molar-refractivity contribution is -0.112. The Hall–Kier alpha value is -2.93. The third-order valence-corrected chi connectivity index (χ3v) is 3.25. The van der Waals surface area contributed by atoms with E-state index in [-0.39, 0.29) is 11.9 Å². The summed E-state index contributed by atoms with van der Waals surface area (Å²) in [5.41, 5.74) is 1.27. The summed E-state index contributed by atoms with van der Waals surface area (Å²) in [6.45, 7) is 0. The lowest BCUT2D eigenvalue weighted by Crippen LogP contribution is -2.07. The Balaban J connectivity index is 1.67. The molecule has 116 valence electrons. The Labute approximate surface area is 136 Å². The Morgan fingerprint density at radius 1 is 1.30 bits per heavy atom. The van der Waals surface area contributed by atoms with Crippen molar-refractivity contribution in [3.05, 3.63) is 53.2 Å². The van der Waals surface area contributed by atoms with Crippen LogP contribution >= 0.6 is 11.6 Å². The van der Waals surface area contributed by atoms with Crippen LogP contribution in [0.5, 0.6) is 0 Å². The summed E-state index contributed by atoms with van der Waals surface area (Å²) in [5.74, 6) is -0.169. The van der Waals surface area contributed by atoms with Gasteiger partial charge in [0.1, 0.15) is 5.69 Å². The van der Waals surface area contributed by atoms with Crippen LogP contribution in [0.4, 0.5) is 6.01 Å². The molecule has 1 aromatic carbocycles. The maximum absolute atomic E-state index is 11.9. The maximum Gasteiger partial charge on any atom is 0.322 e. The molecule has 2 aromatic heterocycles. The first-order chi connectivity index (χ1) is 11.1. The summed E-state index contributed by atoms with van der Waals surface area (Å²) in [6, 6.07) is 8.93. The van der Waals surface area contributed by atoms with E-state index in [4.69, 9.17) is 16.0 Å². The van der Waals surface area contributed by atoms with Crippen molar-refractivity contribution in [3.63, 3.8) is 0 Å². The lowest BCUT2D eigenvalue weighted by atomic mass is 10.2. The molecule has 0 saturated carbocycles. The molecule has 0 aliphatic heterocycles. The molecule has 0 spiro atoms. The second-order valence-corrected chi connectivity index (χ2v) is 5.04. The van der Waals surface area contributed by atoms with Crippen molar-refractivity contribution < 1.29 is 9.21 Å². The summed E-state index contributed by atoms with van der Waals surface area (Å²) in [7, 11) is 1.78. The Morgan fingerprint density at radius 3 is 2.87 bits per heavy atom. The van der Waals surface area contributed by atoms with Crippen LogP contribution in [0.15, 0.2) is 47.0 Å². The van der Waals surface area contributed by atoms with Crippen LogP contribution in [0.2, 0.25) is 5.02 Å². The van der Waals surface area contributed by atoms with Crippen LogP contribution in [-0.2, 0) is 11.8 Å². The minimum atomic E-state index is -0.402. The van der Waals surface area contributed by atoms with E-state index in [0.717, 1.165) is 5.56 Å². The normalized spacial score (nSPS) is 11.0. The number of benzene rings is 1. The fourth-order valence-corrected chi connectivity index (χ4v) is 2.03. The van der Waals surface area contributed by atoms with Crippen molar-refractivity contribution in [2.75, 3.05) is 5.32 Å². The molecule has 0 saturated heterocycles. The van der Waals surface area contributed by atoms with Crippen LogP contribution in [0.3, 0.4) is 0 Å². The number of aromatic nitrogens is 4. The van der Waals surface area contributed by atoms with Gasteiger partial charge < -0.3 is 4.42 Å². The highest BCUT2D eigenvalue weighted by molar-refractivity contribution is 6.32. The predicted molar refractivity (Wildman–Crippen MR) is 85.6 cm³/mol. The van der Waals surface area contributed by atoms with Gasteiger partial charge in [-0.2, -0.15) is 5.10 Å². The van der Waals surface area contributed by atoms with Gasteiger partial charge in [0.2, 0.25) is 0 Å². The molecule has 0 bridgehead atoms. The molecule has 8 heteroatoms. The third-order valence-electron chi connectivity index (χ3n) is 2.91. The predicted octanol–water partition coefficient (Wildman–Crippen LogP) is 2.78. The molecule has 0 atom stereocenters. The fraction of sp³-hybridized carbons (Fsp3) is 0.0667. The molecule has 23 heavy (non-hydrogen) atoms. The number of carbonyl (C=O) groups is 1. The number of rotatable bonds is 4. The molecule has 0 unspecified atom stereocenters. The molecule has 0 aliphatic carbocycles. The van der Waals surface area contributed by atoms with Gasteiger partial charge in [-0.15, -0.1) is 5.10 Å². The molecule has 7 nitrogen and oxygen atoms in total. The number of hydrogen-bond donors (Lipinski definition) is 1. The monoisotopic (exact) mass is 329 g/mol. The number of amides is 1. The molecular formula is C15H12ClN5O2. The van der Waals surface area contributed by atoms with E-state index in [9.17, 15) is 4.79 Å². The molecule has 3 aromatic rings. The molecule has 0 radical (unpaired) electrons. The fourth-order valence-electron chi connectivity index (χ4n) is 1.83. The van der Waals surface area contributed by atoms with Crippen LogP contribution < -0.4 is 5.32 Å². The SMILES string of the molecule is Cn1ccc(-c2nnc(NC(=O)/C=C/c3ccccc3Cl)o2)n1. The standard InChI is InChI=1S/C15H12ClN5O2/c1-21-9-8-12(20-21)14-18-19-15(23-14)17-13(22)7-6-10-4-2-3-5-11(10)16/h2-9H,1H3,(H,17,19,22)/b7-6+.